The van der Waals surface area contributed by atoms with Gasteiger partial charge in [0.2, 0.25) is 0 Å². The largest absolute Gasteiger partial charge is 0.416 e. The third kappa shape index (κ3) is 5.32. The van der Waals surface area contributed by atoms with Gasteiger partial charge in [-0.2, -0.15) is 13.2 Å². The van der Waals surface area contributed by atoms with E-state index in [0.29, 0.717) is 30.8 Å². The van der Waals surface area contributed by atoms with Crippen molar-refractivity contribution in [2.24, 2.45) is 0 Å². The molecule has 3 aromatic rings. The minimum atomic E-state index is -4.62. The third-order valence-electron chi connectivity index (χ3n) is 6.21. The molecule has 4 rings (SSSR count). The van der Waals surface area contributed by atoms with E-state index in [4.69, 9.17) is 0 Å². The van der Waals surface area contributed by atoms with Crippen LogP contribution in [0.5, 0.6) is 0 Å². The molecule has 1 fully saturated rings. The number of piperazine rings is 1. The Morgan fingerprint density at radius 3 is 2.60 bits per heavy atom. The van der Waals surface area contributed by atoms with Crippen molar-refractivity contribution in [3.8, 4) is 0 Å². The lowest BCUT2D eigenvalue weighted by molar-refractivity contribution is -0.138. The maximum Gasteiger partial charge on any atom is 0.416 e. The molecular weight excluding hydrogens is 459 g/mol. The van der Waals surface area contributed by atoms with Crippen LogP contribution in [0.3, 0.4) is 0 Å². The zero-order chi connectivity index (χ0) is 25.3. The highest BCUT2D eigenvalue weighted by molar-refractivity contribution is 5.94. The van der Waals surface area contributed by atoms with Crippen molar-refractivity contribution in [2.45, 2.75) is 45.5 Å². The zero-order valence-electron chi connectivity index (χ0n) is 19.8. The summed E-state index contributed by atoms with van der Waals surface area (Å²) in [6, 6.07) is 8.43. The molecule has 1 aliphatic heterocycles. The Morgan fingerprint density at radius 1 is 1.26 bits per heavy atom. The summed E-state index contributed by atoms with van der Waals surface area (Å²) in [6.07, 6.45) is -4.28. The number of anilines is 1. The number of rotatable bonds is 5. The lowest BCUT2D eigenvalue weighted by Crippen LogP contribution is -2.51. The molecule has 1 aliphatic rings. The molecule has 3 N–H and O–H groups in total. The Balaban J connectivity index is 1.63. The molecule has 0 radical (unpaired) electrons. The van der Waals surface area contributed by atoms with Crippen LogP contribution in [0.15, 0.2) is 41.2 Å². The Hall–Kier alpha value is -3.40. The highest BCUT2D eigenvalue weighted by atomic mass is 19.4. The molecule has 186 valence electrons. The molecule has 1 aromatic heterocycles. The molecule has 0 unspecified atom stereocenters. The summed E-state index contributed by atoms with van der Waals surface area (Å²) in [5.41, 5.74) is -0.247. The van der Waals surface area contributed by atoms with Gasteiger partial charge in [0, 0.05) is 36.9 Å². The van der Waals surface area contributed by atoms with Crippen molar-refractivity contribution in [2.75, 3.05) is 25.0 Å². The number of carbonyl (C=O) groups excluding carboxylic acids is 1. The Labute approximate surface area is 200 Å². The number of hydrogen-bond donors (Lipinski definition) is 3. The monoisotopic (exact) mass is 487 g/mol. The van der Waals surface area contributed by atoms with Gasteiger partial charge in [0.25, 0.3) is 11.5 Å². The minimum absolute atomic E-state index is 0.00211. The van der Waals surface area contributed by atoms with Crippen LogP contribution in [-0.4, -0.2) is 46.5 Å². The Bertz CT molecular complexity index is 1290. The van der Waals surface area contributed by atoms with Crippen LogP contribution in [0.25, 0.3) is 10.9 Å². The van der Waals surface area contributed by atoms with Crippen molar-refractivity contribution in [1.29, 1.82) is 0 Å². The molecule has 2 heterocycles. The predicted octanol–water partition coefficient (Wildman–Crippen LogP) is 4.25. The van der Waals surface area contributed by atoms with E-state index in [0.717, 1.165) is 12.6 Å². The summed E-state index contributed by atoms with van der Waals surface area (Å²) in [5.74, 6) is 0.172. The summed E-state index contributed by atoms with van der Waals surface area (Å²) < 4.78 is 41.9. The van der Waals surface area contributed by atoms with E-state index in [2.05, 4.69) is 20.6 Å². The zero-order valence-corrected chi connectivity index (χ0v) is 19.8. The van der Waals surface area contributed by atoms with E-state index in [9.17, 15) is 22.8 Å². The van der Waals surface area contributed by atoms with Crippen molar-refractivity contribution >= 4 is 22.5 Å². The number of hydrogen-bond acceptors (Lipinski definition) is 5. The molecule has 0 spiro atoms. The van der Waals surface area contributed by atoms with Crippen LogP contribution >= 0.6 is 0 Å². The van der Waals surface area contributed by atoms with Crippen molar-refractivity contribution in [3.63, 3.8) is 0 Å². The van der Waals surface area contributed by atoms with E-state index < -0.39 is 23.3 Å². The van der Waals surface area contributed by atoms with Gasteiger partial charge in [-0.1, -0.05) is 6.92 Å². The van der Waals surface area contributed by atoms with Gasteiger partial charge in [-0.3, -0.25) is 9.59 Å². The number of nitrogens with one attached hydrogen (secondary N) is 3. The van der Waals surface area contributed by atoms with Gasteiger partial charge in [-0.15, -0.1) is 0 Å². The molecule has 7 nitrogen and oxygen atoms in total. The number of alkyl halides is 3. The summed E-state index contributed by atoms with van der Waals surface area (Å²) in [7, 11) is 0. The first kappa shape index (κ1) is 24.7. The van der Waals surface area contributed by atoms with E-state index >= 15 is 0 Å². The van der Waals surface area contributed by atoms with Crippen LogP contribution in [0.1, 0.15) is 53.6 Å². The Morgan fingerprint density at radius 2 is 1.97 bits per heavy atom. The molecular formula is C25H28F3N5O2. The Kier molecular flexibility index (Phi) is 6.84. The molecule has 35 heavy (non-hydrogen) atoms. The number of aryl methyl sites for hydroxylation is 1. The smallest absolute Gasteiger partial charge is 0.378 e. The lowest BCUT2D eigenvalue weighted by atomic mass is 9.95. The van der Waals surface area contributed by atoms with E-state index in [1.165, 1.54) is 13.0 Å². The van der Waals surface area contributed by atoms with Gasteiger partial charge in [0.15, 0.2) is 0 Å². The standard InChI is InChI=1S/C25H28F3N5O2/c1-4-21(18-11-19-22(12-20(18)25(26,27)28)30-15(3)31-23(19)34)32-17-7-5-16(6-8-17)24(35)33-10-9-29-14(2)13-33/h5-8,11-12,14,21,29,32H,4,9-10,13H2,1-3H3,(H,30,31,34)/t14-,21+/m1/s1. The number of nitrogens with zero attached hydrogens (tertiary/aromatic N) is 2. The molecule has 10 heteroatoms. The fourth-order valence-corrected chi connectivity index (χ4v) is 4.46. The third-order valence-corrected chi connectivity index (χ3v) is 6.21. The van der Waals surface area contributed by atoms with Crippen molar-refractivity contribution < 1.29 is 18.0 Å². The second-order valence-corrected chi connectivity index (χ2v) is 8.89. The molecule has 1 saturated heterocycles. The molecule has 2 aromatic carbocycles. The molecule has 0 aliphatic carbocycles. The highest BCUT2D eigenvalue weighted by Gasteiger charge is 2.36. The average Bonchev–Trinajstić information content (AvgIpc) is 2.81. The SMILES string of the molecule is CC[C@H](Nc1ccc(C(=O)N2CCN[C@H](C)C2)cc1)c1cc2c(=O)[nH]c(C)nc2cc1C(F)(F)F. The summed E-state index contributed by atoms with van der Waals surface area (Å²) in [5, 5.41) is 6.53. The topological polar surface area (TPSA) is 90.1 Å². The molecule has 1 amide bonds. The summed E-state index contributed by atoms with van der Waals surface area (Å²) in [6.45, 7) is 7.28. The second kappa shape index (κ2) is 9.69. The predicted molar refractivity (Wildman–Crippen MR) is 129 cm³/mol. The quantitative estimate of drug-likeness (QED) is 0.501. The van der Waals surface area contributed by atoms with Gasteiger partial charge < -0.3 is 20.5 Å². The van der Waals surface area contributed by atoms with E-state index in [-0.39, 0.29) is 34.2 Å². The average molecular weight is 488 g/mol. The first-order valence-corrected chi connectivity index (χ1v) is 11.6. The molecule has 0 saturated carbocycles. The maximum absolute atomic E-state index is 14.0. The van der Waals surface area contributed by atoms with Gasteiger partial charge in [0.1, 0.15) is 5.82 Å². The summed E-state index contributed by atoms with van der Waals surface area (Å²) >= 11 is 0. The normalized spacial score (nSPS) is 17.4. The number of halogens is 3. The summed E-state index contributed by atoms with van der Waals surface area (Å²) in [4.78, 5) is 33.6. The number of amides is 1. The van der Waals surface area contributed by atoms with Gasteiger partial charge in [0.05, 0.1) is 22.5 Å². The molecule has 2 atom stereocenters. The van der Waals surface area contributed by atoms with Crippen LogP contribution < -0.4 is 16.2 Å². The van der Waals surface area contributed by atoms with Crippen LogP contribution in [0.2, 0.25) is 0 Å². The second-order valence-electron chi connectivity index (χ2n) is 8.89. The number of aromatic nitrogens is 2. The first-order chi connectivity index (χ1) is 16.6. The highest BCUT2D eigenvalue weighted by Crippen LogP contribution is 2.38. The minimum Gasteiger partial charge on any atom is -0.378 e. The number of carbonyl (C=O) groups is 1. The van der Waals surface area contributed by atoms with Gasteiger partial charge in [-0.25, -0.2) is 4.98 Å². The van der Waals surface area contributed by atoms with Gasteiger partial charge in [-0.05, 0) is 62.2 Å². The van der Waals surface area contributed by atoms with Gasteiger partial charge >= 0.3 is 6.18 Å². The van der Waals surface area contributed by atoms with Crippen LogP contribution in [-0.2, 0) is 6.18 Å². The number of fused-ring (bicyclic) bond motifs is 1. The first-order valence-electron chi connectivity index (χ1n) is 11.6. The van der Waals surface area contributed by atoms with E-state index in [1.54, 1.807) is 36.1 Å². The molecule has 0 bridgehead atoms. The fourth-order valence-electron chi connectivity index (χ4n) is 4.46. The lowest BCUT2D eigenvalue weighted by Gasteiger charge is -2.32. The van der Waals surface area contributed by atoms with Crippen LogP contribution in [0.4, 0.5) is 18.9 Å². The fraction of sp³-hybridized carbons (Fsp3) is 0.400. The number of benzene rings is 2. The maximum atomic E-state index is 14.0. The number of aromatic amines is 1. The number of H-pyrrole nitrogens is 1. The van der Waals surface area contributed by atoms with Crippen molar-refractivity contribution in [3.05, 3.63) is 69.3 Å². The van der Waals surface area contributed by atoms with E-state index in [1.807, 2.05) is 6.92 Å². The van der Waals surface area contributed by atoms with Crippen molar-refractivity contribution in [1.82, 2.24) is 20.2 Å². The van der Waals surface area contributed by atoms with Crippen LogP contribution in [0, 0.1) is 6.92 Å².